The third kappa shape index (κ3) is 6.20. The largest absolute Gasteiger partial charge is 0.467 e. The first-order valence-electron chi connectivity index (χ1n) is 26.9. The zero-order chi connectivity index (χ0) is 51.6. The monoisotopic (exact) mass is 993 g/mol. The molecule has 77 heavy (non-hydrogen) atoms. The molecule has 16 rings (SSSR count). The molecule has 0 spiro atoms. The van der Waals surface area contributed by atoms with Crippen molar-refractivity contribution < 1.29 is 13.3 Å². The van der Waals surface area contributed by atoms with Crippen molar-refractivity contribution >= 4 is 134 Å². The highest BCUT2D eigenvalue weighted by Gasteiger charge is 2.48. The summed E-state index contributed by atoms with van der Waals surface area (Å²) in [7, 11) is 0. The van der Waals surface area contributed by atoms with Gasteiger partial charge in [0.25, 0.3) is 6.71 Å². The molecule has 0 radical (unpaired) electrons. The van der Waals surface area contributed by atoms with Gasteiger partial charge in [-0.15, -0.1) is 0 Å². The number of anilines is 6. The van der Waals surface area contributed by atoms with Crippen molar-refractivity contribution in [2.75, 3.05) is 9.80 Å². The number of nitrogens with zero attached hydrogens (tertiary/aromatic N) is 3. The molecule has 6 nitrogen and oxygen atoms in total. The van der Waals surface area contributed by atoms with Crippen molar-refractivity contribution in [3.05, 3.63) is 217 Å². The van der Waals surface area contributed by atoms with Gasteiger partial charge in [0.2, 0.25) is 0 Å². The van der Waals surface area contributed by atoms with E-state index >= 15 is 0 Å². The van der Waals surface area contributed by atoms with E-state index in [1.807, 2.05) is 12.1 Å². The fourth-order valence-electron chi connectivity index (χ4n) is 13.1. The summed E-state index contributed by atoms with van der Waals surface area (Å²) >= 11 is 0. The maximum absolute atomic E-state index is 7.66. The lowest BCUT2D eigenvalue weighted by atomic mass is 9.35. The van der Waals surface area contributed by atoms with Crippen LogP contribution in [-0.4, -0.2) is 11.3 Å². The third-order valence-electron chi connectivity index (χ3n) is 16.7. The van der Waals surface area contributed by atoms with Gasteiger partial charge in [0.15, 0.2) is 0 Å². The molecule has 0 unspecified atom stereocenters. The van der Waals surface area contributed by atoms with E-state index in [9.17, 15) is 0 Å². The van der Waals surface area contributed by atoms with Gasteiger partial charge in [-0.1, -0.05) is 169 Å². The highest BCUT2D eigenvalue weighted by molar-refractivity contribution is 7.00. The fraction of sp³-hybridized carbons (Fsp3) is 0.114. The van der Waals surface area contributed by atoms with E-state index < -0.39 is 0 Å². The Hall–Kier alpha value is -9.20. The molecule has 0 aliphatic carbocycles. The average Bonchev–Trinajstić information content (AvgIpc) is 4.32. The van der Waals surface area contributed by atoms with Gasteiger partial charge in [0.05, 0.1) is 39.1 Å². The summed E-state index contributed by atoms with van der Waals surface area (Å²) in [6.45, 7) is 13.4. The van der Waals surface area contributed by atoms with Crippen LogP contribution in [0.15, 0.2) is 220 Å². The van der Waals surface area contributed by atoms with E-state index in [-0.39, 0.29) is 17.5 Å². The van der Waals surface area contributed by atoms with Gasteiger partial charge < -0.3 is 27.6 Å². The van der Waals surface area contributed by atoms with Crippen molar-refractivity contribution in [3.8, 4) is 16.8 Å². The van der Waals surface area contributed by atoms with Gasteiger partial charge in [-0.05, 0) is 112 Å². The number of para-hydroxylation sites is 5. The summed E-state index contributed by atoms with van der Waals surface area (Å²) in [6, 6.07) is 75.4. The van der Waals surface area contributed by atoms with Gasteiger partial charge >= 0.3 is 0 Å². The van der Waals surface area contributed by atoms with Crippen LogP contribution < -0.4 is 26.4 Å². The molecule has 0 amide bonds. The average molecular weight is 994 g/mol. The number of hydrogen-bond acceptors (Lipinski definition) is 5. The van der Waals surface area contributed by atoms with Crippen molar-refractivity contribution in [3.63, 3.8) is 0 Å². The van der Waals surface area contributed by atoms with Crippen LogP contribution in [0.1, 0.15) is 52.7 Å². The second-order valence-corrected chi connectivity index (χ2v) is 23.2. The SMILES string of the molecule is CC(C)(C)c1ccc(N2c3cccc4c3B(c3ccc5c(c3N4c3ccc(C(C)(C)C)cc3)c3ccccc3n5-c3ccccc3-c3cccc4c3oc3ccccc34)c3oc4c(ccc5oc6ccccc6c54)c32)cc1. The van der Waals surface area contributed by atoms with E-state index in [1.54, 1.807) is 0 Å². The van der Waals surface area contributed by atoms with E-state index in [0.717, 1.165) is 122 Å². The topological polar surface area (TPSA) is 50.8 Å². The van der Waals surface area contributed by atoms with Crippen molar-refractivity contribution in [2.45, 2.75) is 52.4 Å². The lowest BCUT2D eigenvalue weighted by molar-refractivity contribution is 0.590. The molecule has 2 aliphatic heterocycles. The molecule has 10 aromatic carbocycles. The fourth-order valence-corrected chi connectivity index (χ4v) is 13.1. The van der Waals surface area contributed by atoms with Crippen LogP contribution in [0.4, 0.5) is 34.1 Å². The first-order valence-corrected chi connectivity index (χ1v) is 26.9. The number of benzene rings is 10. The number of rotatable bonds is 4. The Morgan fingerprint density at radius 1 is 0.364 bits per heavy atom. The molecule has 2 aliphatic rings. The molecule has 0 atom stereocenters. The molecule has 7 heteroatoms. The summed E-state index contributed by atoms with van der Waals surface area (Å²) < 4.78 is 23.4. The molecule has 0 fully saturated rings. The Labute approximate surface area is 446 Å². The first kappa shape index (κ1) is 44.1. The zero-order valence-corrected chi connectivity index (χ0v) is 43.8. The predicted molar refractivity (Wildman–Crippen MR) is 322 cm³/mol. The van der Waals surface area contributed by atoms with E-state index in [1.165, 1.54) is 32.8 Å². The molecule has 0 N–H and O–H groups in total. The van der Waals surface area contributed by atoms with Crippen molar-refractivity contribution in [2.24, 2.45) is 0 Å². The summed E-state index contributed by atoms with van der Waals surface area (Å²) in [5, 5.41) is 7.64. The predicted octanol–water partition coefficient (Wildman–Crippen LogP) is 17.7. The van der Waals surface area contributed by atoms with Crippen molar-refractivity contribution in [1.29, 1.82) is 0 Å². The zero-order valence-electron chi connectivity index (χ0n) is 43.8. The minimum Gasteiger partial charge on any atom is -0.467 e. The summed E-state index contributed by atoms with van der Waals surface area (Å²) in [5.41, 5.74) is 22.1. The molecule has 0 saturated heterocycles. The lowest BCUT2D eigenvalue weighted by Crippen LogP contribution is -2.61. The third-order valence-corrected chi connectivity index (χ3v) is 16.7. The Bertz CT molecular complexity index is 4790. The van der Waals surface area contributed by atoms with Gasteiger partial charge in [-0.2, -0.15) is 0 Å². The second kappa shape index (κ2) is 15.7. The molecule has 0 saturated carbocycles. The number of furan rings is 3. The minimum atomic E-state index is -0.272. The van der Waals surface area contributed by atoms with Gasteiger partial charge in [-0.3, -0.25) is 0 Å². The standard InChI is InChI=1S/C70H52BN3O3/c1-69(2,3)41-29-33-43(34-30-41)72-56-25-16-26-57-63(56)71(68-64(72)51-37-40-60-62(67(51)77-68)50-20-10-14-28-59(50)75-60)52-38-39-55-61(65(52)73(57)44-35-31-42(32-36-44)70(4,5)6)49-19-8-12-24-54(49)74(55)53-23-11-7-17-45(53)47-21-15-22-48-46-18-9-13-27-58(46)76-66(47)48/h7-40H,1-6H3. The van der Waals surface area contributed by atoms with Crippen LogP contribution in [0.5, 0.6) is 0 Å². The number of hydrogen-bond donors (Lipinski definition) is 0. The molecule has 0 bridgehead atoms. The highest BCUT2D eigenvalue weighted by Crippen LogP contribution is 2.52. The van der Waals surface area contributed by atoms with Crippen LogP contribution in [-0.2, 0) is 10.8 Å². The highest BCUT2D eigenvalue weighted by atomic mass is 16.3. The Morgan fingerprint density at radius 3 is 1.65 bits per heavy atom. The Morgan fingerprint density at radius 2 is 0.935 bits per heavy atom. The van der Waals surface area contributed by atoms with E-state index in [2.05, 4.69) is 250 Å². The number of aromatic nitrogens is 1. The Balaban J connectivity index is 1.02. The Kier molecular flexibility index (Phi) is 8.99. The maximum Gasteiger partial charge on any atom is 0.297 e. The van der Waals surface area contributed by atoms with E-state index in [4.69, 9.17) is 13.3 Å². The molecule has 4 aromatic heterocycles. The number of fused-ring (bicyclic) bond motifs is 17. The summed E-state index contributed by atoms with van der Waals surface area (Å²) in [5.74, 6) is 0. The molecule has 368 valence electrons. The smallest absolute Gasteiger partial charge is 0.297 e. The maximum atomic E-state index is 7.66. The molecule has 14 aromatic rings. The molecular weight excluding hydrogens is 942 g/mol. The van der Waals surface area contributed by atoms with Gasteiger partial charge in [0, 0.05) is 66.2 Å². The van der Waals surface area contributed by atoms with Crippen LogP contribution in [0.3, 0.4) is 0 Å². The van der Waals surface area contributed by atoms with Crippen LogP contribution in [0, 0.1) is 0 Å². The van der Waals surface area contributed by atoms with E-state index in [0.29, 0.717) is 0 Å². The van der Waals surface area contributed by atoms with Gasteiger partial charge in [-0.25, -0.2) is 0 Å². The van der Waals surface area contributed by atoms with Gasteiger partial charge in [0.1, 0.15) is 27.9 Å². The van der Waals surface area contributed by atoms with Crippen LogP contribution in [0.25, 0.3) is 93.5 Å². The van der Waals surface area contributed by atoms with Crippen LogP contribution in [0.2, 0.25) is 0 Å². The minimum absolute atomic E-state index is 0.00918. The van der Waals surface area contributed by atoms with Crippen molar-refractivity contribution in [1.82, 2.24) is 4.57 Å². The summed E-state index contributed by atoms with van der Waals surface area (Å²) in [6.07, 6.45) is 0. The second-order valence-electron chi connectivity index (χ2n) is 23.2. The normalized spacial score (nSPS) is 13.5. The first-order chi connectivity index (χ1) is 37.5. The quantitative estimate of drug-likeness (QED) is 0.164. The van der Waals surface area contributed by atoms with Crippen LogP contribution >= 0.6 is 0 Å². The molecular formula is C70H52BN3O3. The lowest BCUT2D eigenvalue weighted by Gasteiger charge is -2.42. The molecule has 6 heterocycles. The summed E-state index contributed by atoms with van der Waals surface area (Å²) in [4.78, 5) is 5.01.